The Balaban J connectivity index is 2.17. The Bertz CT molecular complexity index is 432. The van der Waals surface area contributed by atoms with Crippen molar-refractivity contribution in [2.45, 2.75) is 26.7 Å². The first-order chi connectivity index (χ1) is 9.99. The van der Waals surface area contributed by atoms with Crippen LogP contribution in [-0.2, 0) is 9.53 Å². The van der Waals surface area contributed by atoms with Gasteiger partial charge < -0.3 is 9.64 Å². The quantitative estimate of drug-likeness (QED) is 0.565. The fourth-order valence-electron chi connectivity index (χ4n) is 2.71. The number of ether oxygens (including phenoxy) is 1. The van der Waals surface area contributed by atoms with E-state index in [4.69, 9.17) is 4.74 Å². The largest absolute Gasteiger partial charge is 0.381 e. The van der Waals surface area contributed by atoms with E-state index in [9.17, 15) is 14.9 Å². The summed E-state index contributed by atoms with van der Waals surface area (Å²) >= 11 is 0. The molecule has 2 heterocycles. The van der Waals surface area contributed by atoms with Gasteiger partial charge in [-0.2, -0.15) is 0 Å². The molecule has 0 radical (unpaired) electrons. The molecular weight excluding hydrogens is 276 g/mol. The lowest BCUT2D eigenvalue weighted by atomic mass is 10.1. The van der Waals surface area contributed by atoms with Gasteiger partial charge in [-0.1, -0.05) is 13.8 Å². The van der Waals surface area contributed by atoms with E-state index < -0.39 is 5.03 Å². The highest BCUT2D eigenvalue weighted by Crippen LogP contribution is 2.19. The minimum absolute atomic E-state index is 0.122. The molecule has 2 fully saturated rings. The van der Waals surface area contributed by atoms with Gasteiger partial charge in [0, 0.05) is 38.1 Å². The third-order valence-electron chi connectivity index (χ3n) is 3.77. The third kappa shape index (κ3) is 3.90. The van der Waals surface area contributed by atoms with Gasteiger partial charge >= 0.3 is 0 Å². The van der Waals surface area contributed by atoms with Gasteiger partial charge in [0.1, 0.15) is 5.10 Å². The number of nitrogens with zero attached hydrogens (tertiary/aromatic N) is 4. The van der Waals surface area contributed by atoms with Crippen molar-refractivity contribution in [3.8, 4) is 0 Å². The lowest BCUT2D eigenvalue weighted by Crippen LogP contribution is -2.55. The lowest BCUT2D eigenvalue weighted by molar-refractivity contribution is -0.486. The number of hydrazone groups is 1. The number of hydrogen-bond donors (Lipinski definition) is 0. The number of hydrogen-bond acceptors (Lipinski definition) is 4. The summed E-state index contributed by atoms with van der Waals surface area (Å²) < 4.78 is 5.35. The molecule has 118 valence electrons. The van der Waals surface area contributed by atoms with Crippen LogP contribution in [0.4, 0.5) is 0 Å². The van der Waals surface area contributed by atoms with E-state index in [0.717, 1.165) is 19.4 Å². The van der Waals surface area contributed by atoms with Gasteiger partial charge in [-0.25, -0.2) is 10.1 Å². The first kappa shape index (κ1) is 15.7. The van der Waals surface area contributed by atoms with Crippen LogP contribution in [0.5, 0.6) is 0 Å². The maximum absolute atomic E-state index is 12.2. The third-order valence-corrected chi connectivity index (χ3v) is 3.77. The minimum Gasteiger partial charge on any atom is -0.381 e. The van der Waals surface area contributed by atoms with Crippen LogP contribution in [-0.4, -0.2) is 59.5 Å². The van der Waals surface area contributed by atoms with Gasteiger partial charge in [-0.3, -0.25) is 9.69 Å². The molecular formula is C13H22N4O4. The summed E-state index contributed by atoms with van der Waals surface area (Å²) in [5, 5.41) is 13.6. The molecule has 2 aliphatic heterocycles. The topological polar surface area (TPSA) is 88.3 Å². The molecule has 0 aromatic heterocycles. The number of rotatable bonds is 4. The summed E-state index contributed by atoms with van der Waals surface area (Å²) in [6.45, 7) is 6.79. The van der Waals surface area contributed by atoms with Gasteiger partial charge in [0.25, 0.3) is 5.96 Å². The zero-order chi connectivity index (χ0) is 15.4. The molecule has 1 atom stereocenters. The Kier molecular flexibility index (Phi) is 5.11. The molecule has 8 nitrogen and oxygen atoms in total. The Morgan fingerprint density at radius 1 is 1.52 bits per heavy atom. The molecule has 0 N–H and O–H groups in total. The minimum atomic E-state index is -0.723. The zero-order valence-electron chi connectivity index (χ0n) is 12.5. The number of nitro groups is 1. The summed E-state index contributed by atoms with van der Waals surface area (Å²) in [7, 11) is 0. The molecule has 0 aromatic rings. The summed E-state index contributed by atoms with van der Waals surface area (Å²) in [4.78, 5) is 26.4. The van der Waals surface area contributed by atoms with Gasteiger partial charge in [0.05, 0.1) is 6.61 Å². The molecule has 1 unspecified atom stereocenters. The number of guanidine groups is 1. The van der Waals surface area contributed by atoms with Crippen LogP contribution in [0.3, 0.4) is 0 Å². The second-order valence-corrected chi connectivity index (χ2v) is 5.81. The van der Waals surface area contributed by atoms with Crippen LogP contribution in [0.15, 0.2) is 5.10 Å². The summed E-state index contributed by atoms with van der Waals surface area (Å²) in [6.07, 6.45) is 1.74. The van der Waals surface area contributed by atoms with Gasteiger partial charge in [0.2, 0.25) is 5.91 Å². The molecule has 0 bridgehead atoms. The van der Waals surface area contributed by atoms with E-state index in [1.807, 2.05) is 4.90 Å². The molecule has 2 rings (SSSR count). The Labute approximate surface area is 123 Å². The van der Waals surface area contributed by atoms with E-state index in [0.29, 0.717) is 32.2 Å². The molecule has 8 heteroatoms. The van der Waals surface area contributed by atoms with Crippen molar-refractivity contribution in [2.24, 2.45) is 16.9 Å². The van der Waals surface area contributed by atoms with Crippen LogP contribution >= 0.6 is 0 Å². The molecule has 0 aliphatic carbocycles. The van der Waals surface area contributed by atoms with Crippen molar-refractivity contribution in [3.63, 3.8) is 0 Å². The van der Waals surface area contributed by atoms with Crippen LogP contribution in [0.2, 0.25) is 0 Å². The van der Waals surface area contributed by atoms with E-state index >= 15 is 0 Å². The standard InChI is InChI=1S/C13H22N4O4/c1-10(2)12(18)16-6-3-5-15(13(16)14-17(19)20)8-11-4-7-21-9-11/h10-11H,3-9H2,1-2H3. The highest BCUT2D eigenvalue weighted by atomic mass is 16.7. The van der Waals surface area contributed by atoms with Crippen molar-refractivity contribution in [2.75, 3.05) is 32.8 Å². The van der Waals surface area contributed by atoms with Crippen molar-refractivity contribution < 1.29 is 14.6 Å². The Morgan fingerprint density at radius 3 is 2.86 bits per heavy atom. The van der Waals surface area contributed by atoms with E-state index in [-0.39, 0.29) is 17.8 Å². The fourth-order valence-corrected chi connectivity index (χ4v) is 2.71. The fraction of sp³-hybridized carbons (Fsp3) is 0.846. The highest BCUT2D eigenvalue weighted by molar-refractivity contribution is 5.98. The van der Waals surface area contributed by atoms with Crippen molar-refractivity contribution >= 4 is 11.9 Å². The summed E-state index contributed by atoms with van der Waals surface area (Å²) in [5.74, 6) is 0.188. The number of amides is 1. The Morgan fingerprint density at radius 2 is 2.29 bits per heavy atom. The van der Waals surface area contributed by atoms with Gasteiger partial charge in [-0.15, -0.1) is 0 Å². The second kappa shape index (κ2) is 6.84. The number of carbonyl (C=O) groups is 1. The average molecular weight is 298 g/mol. The van der Waals surface area contributed by atoms with E-state index in [1.54, 1.807) is 13.8 Å². The van der Waals surface area contributed by atoms with Crippen LogP contribution in [0, 0.1) is 22.0 Å². The van der Waals surface area contributed by atoms with Crippen molar-refractivity contribution in [1.82, 2.24) is 9.80 Å². The Hall–Kier alpha value is -1.70. The van der Waals surface area contributed by atoms with Gasteiger partial charge in [0.15, 0.2) is 5.03 Å². The lowest BCUT2D eigenvalue weighted by Gasteiger charge is -2.37. The monoisotopic (exact) mass is 298 g/mol. The summed E-state index contributed by atoms with van der Waals surface area (Å²) in [6, 6.07) is 0. The maximum Gasteiger partial charge on any atom is 0.280 e. The molecule has 2 saturated heterocycles. The smallest absolute Gasteiger partial charge is 0.280 e. The second-order valence-electron chi connectivity index (χ2n) is 5.81. The van der Waals surface area contributed by atoms with E-state index in [2.05, 4.69) is 5.10 Å². The predicted molar refractivity (Wildman–Crippen MR) is 76.1 cm³/mol. The van der Waals surface area contributed by atoms with Crippen molar-refractivity contribution in [1.29, 1.82) is 0 Å². The normalized spacial score (nSPS) is 24.9. The van der Waals surface area contributed by atoms with Crippen LogP contribution in [0.1, 0.15) is 26.7 Å². The molecule has 21 heavy (non-hydrogen) atoms. The molecule has 0 aromatic carbocycles. The molecule has 0 saturated carbocycles. The predicted octanol–water partition coefficient (Wildman–Crippen LogP) is 0.761. The van der Waals surface area contributed by atoms with E-state index in [1.165, 1.54) is 4.90 Å². The molecule has 2 aliphatic rings. The van der Waals surface area contributed by atoms with Crippen molar-refractivity contribution in [3.05, 3.63) is 10.1 Å². The van der Waals surface area contributed by atoms with Crippen LogP contribution < -0.4 is 0 Å². The summed E-state index contributed by atoms with van der Waals surface area (Å²) in [5.41, 5.74) is 0. The zero-order valence-corrected chi connectivity index (χ0v) is 12.5. The number of carbonyl (C=O) groups excluding carboxylic acids is 1. The SMILES string of the molecule is CC(C)C(=O)N1CCCN(CC2CCOC2)C1=N[N+](=O)[O-]. The highest BCUT2D eigenvalue weighted by Gasteiger charge is 2.34. The van der Waals surface area contributed by atoms with Gasteiger partial charge in [-0.05, 0) is 12.8 Å². The van der Waals surface area contributed by atoms with Crippen LogP contribution in [0.25, 0.3) is 0 Å². The first-order valence-electron chi connectivity index (χ1n) is 7.36. The average Bonchev–Trinajstić information content (AvgIpc) is 2.92. The maximum atomic E-state index is 12.2. The molecule has 0 spiro atoms. The first-order valence-corrected chi connectivity index (χ1v) is 7.36. The molecule has 1 amide bonds.